The summed E-state index contributed by atoms with van der Waals surface area (Å²) in [6, 6.07) is 12.2. The van der Waals surface area contributed by atoms with Gasteiger partial charge < -0.3 is 20.3 Å². The first kappa shape index (κ1) is 17.8. The average molecular weight is 366 g/mol. The number of carbonyl (C=O) groups is 1. The van der Waals surface area contributed by atoms with Crippen molar-refractivity contribution in [3.63, 3.8) is 0 Å². The van der Waals surface area contributed by atoms with Gasteiger partial charge in [-0.05, 0) is 68.5 Å². The van der Waals surface area contributed by atoms with Gasteiger partial charge in [-0.2, -0.15) is 0 Å². The molecule has 3 heterocycles. The molecule has 6 nitrogen and oxygen atoms in total. The highest BCUT2D eigenvalue weighted by molar-refractivity contribution is 5.93. The largest absolute Gasteiger partial charge is 0.372 e. The molecule has 1 atom stereocenters. The van der Waals surface area contributed by atoms with Crippen LogP contribution in [0.4, 0.5) is 22.9 Å². The number of rotatable bonds is 5. The average Bonchev–Trinajstić information content (AvgIpc) is 3.26. The SMILES string of the molecule is O=C(Nc1ccc(Nc2ccc(N3CCCCC3)cc2)cn1)C1CCCO1. The molecule has 2 saturated heterocycles. The summed E-state index contributed by atoms with van der Waals surface area (Å²) in [4.78, 5) is 18.8. The second-order valence-electron chi connectivity index (χ2n) is 7.14. The summed E-state index contributed by atoms with van der Waals surface area (Å²) in [5.74, 6) is 0.426. The van der Waals surface area contributed by atoms with E-state index in [0.29, 0.717) is 12.4 Å². The Kier molecular flexibility index (Phi) is 5.53. The summed E-state index contributed by atoms with van der Waals surface area (Å²) < 4.78 is 5.39. The van der Waals surface area contributed by atoms with Crippen LogP contribution in [-0.2, 0) is 9.53 Å². The van der Waals surface area contributed by atoms with Gasteiger partial charge in [0.05, 0.1) is 11.9 Å². The maximum absolute atomic E-state index is 12.1. The van der Waals surface area contributed by atoms with Crippen LogP contribution in [0.15, 0.2) is 42.6 Å². The van der Waals surface area contributed by atoms with Crippen LogP contribution in [0.1, 0.15) is 32.1 Å². The van der Waals surface area contributed by atoms with Gasteiger partial charge in [0.2, 0.25) is 0 Å². The zero-order valence-corrected chi connectivity index (χ0v) is 15.5. The molecule has 2 aliphatic rings. The molecule has 1 aromatic heterocycles. The van der Waals surface area contributed by atoms with Crippen LogP contribution in [-0.4, -0.2) is 36.7 Å². The molecule has 1 amide bonds. The van der Waals surface area contributed by atoms with Crippen LogP contribution in [0.2, 0.25) is 0 Å². The van der Waals surface area contributed by atoms with E-state index in [2.05, 4.69) is 44.8 Å². The molecular formula is C21H26N4O2. The van der Waals surface area contributed by atoms with Crippen LogP contribution >= 0.6 is 0 Å². The third-order valence-electron chi connectivity index (χ3n) is 5.11. The highest BCUT2D eigenvalue weighted by atomic mass is 16.5. The predicted octanol–water partition coefficient (Wildman–Crippen LogP) is 3.93. The third kappa shape index (κ3) is 4.57. The molecule has 0 aliphatic carbocycles. The maximum atomic E-state index is 12.1. The van der Waals surface area contributed by atoms with Gasteiger partial charge in [-0.25, -0.2) is 4.98 Å². The molecule has 0 spiro atoms. The van der Waals surface area contributed by atoms with Crippen molar-refractivity contribution in [3.8, 4) is 0 Å². The number of nitrogens with zero attached hydrogens (tertiary/aromatic N) is 2. The van der Waals surface area contributed by atoms with Crippen molar-refractivity contribution in [2.24, 2.45) is 0 Å². The lowest BCUT2D eigenvalue weighted by atomic mass is 10.1. The molecule has 27 heavy (non-hydrogen) atoms. The molecule has 0 saturated carbocycles. The molecule has 1 unspecified atom stereocenters. The van der Waals surface area contributed by atoms with Crippen molar-refractivity contribution in [3.05, 3.63) is 42.6 Å². The first-order chi connectivity index (χ1) is 13.3. The quantitative estimate of drug-likeness (QED) is 0.839. The van der Waals surface area contributed by atoms with Gasteiger partial charge in [0.15, 0.2) is 0 Å². The number of anilines is 4. The smallest absolute Gasteiger partial charge is 0.254 e. The fourth-order valence-corrected chi connectivity index (χ4v) is 3.61. The zero-order valence-electron chi connectivity index (χ0n) is 15.5. The van der Waals surface area contributed by atoms with Crippen molar-refractivity contribution in [1.29, 1.82) is 0 Å². The number of hydrogen-bond acceptors (Lipinski definition) is 5. The number of hydrogen-bond donors (Lipinski definition) is 2. The minimum Gasteiger partial charge on any atom is -0.372 e. The molecule has 2 fully saturated rings. The first-order valence-electron chi connectivity index (χ1n) is 9.78. The van der Waals surface area contributed by atoms with E-state index in [1.807, 2.05) is 6.07 Å². The van der Waals surface area contributed by atoms with Crippen molar-refractivity contribution in [2.45, 2.75) is 38.2 Å². The number of piperidine rings is 1. The van der Waals surface area contributed by atoms with E-state index in [9.17, 15) is 4.79 Å². The molecule has 4 rings (SSSR count). The maximum Gasteiger partial charge on any atom is 0.254 e. The van der Waals surface area contributed by atoms with Gasteiger partial charge in [0, 0.05) is 31.1 Å². The number of aromatic nitrogens is 1. The molecule has 2 aromatic rings. The van der Waals surface area contributed by atoms with Crippen LogP contribution in [0.3, 0.4) is 0 Å². The second kappa shape index (κ2) is 8.39. The second-order valence-corrected chi connectivity index (χ2v) is 7.14. The van der Waals surface area contributed by atoms with Gasteiger partial charge in [-0.3, -0.25) is 4.79 Å². The Balaban J connectivity index is 1.33. The topological polar surface area (TPSA) is 66.5 Å². The number of benzene rings is 1. The van der Waals surface area contributed by atoms with Crippen molar-refractivity contribution in [1.82, 2.24) is 4.98 Å². The summed E-state index contributed by atoms with van der Waals surface area (Å²) in [7, 11) is 0. The van der Waals surface area contributed by atoms with Gasteiger partial charge in [-0.15, -0.1) is 0 Å². The normalized spacial score (nSPS) is 19.7. The van der Waals surface area contributed by atoms with Crippen molar-refractivity contribution >= 4 is 28.8 Å². The first-order valence-corrected chi connectivity index (χ1v) is 9.78. The minimum atomic E-state index is -0.344. The molecule has 0 radical (unpaired) electrons. The van der Waals surface area contributed by atoms with E-state index in [4.69, 9.17) is 4.74 Å². The Morgan fingerprint density at radius 2 is 1.78 bits per heavy atom. The van der Waals surface area contributed by atoms with Gasteiger partial charge in [-0.1, -0.05) is 0 Å². The molecule has 6 heteroatoms. The fraction of sp³-hybridized carbons (Fsp3) is 0.429. The Labute approximate surface area is 159 Å². The number of amides is 1. The van der Waals surface area contributed by atoms with E-state index in [-0.39, 0.29) is 12.0 Å². The van der Waals surface area contributed by atoms with Crippen LogP contribution in [0.25, 0.3) is 0 Å². The Morgan fingerprint density at radius 3 is 2.44 bits per heavy atom. The highest BCUT2D eigenvalue weighted by Crippen LogP contribution is 2.24. The van der Waals surface area contributed by atoms with Gasteiger partial charge in [0.1, 0.15) is 11.9 Å². The summed E-state index contributed by atoms with van der Waals surface area (Å²) in [5, 5.41) is 6.16. The van der Waals surface area contributed by atoms with E-state index in [1.54, 1.807) is 12.3 Å². The van der Waals surface area contributed by atoms with E-state index >= 15 is 0 Å². The van der Waals surface area contributed by atoms with Crippen molar-refractivity contribution < 1.29 is 9.53 Å². The molecule has 2 aliphatic heterocycles. The number of nitrogens with one attached hydrogen (secondary N) is 2. The summed E-state index contributed by atoms with van der Waals surface area (Å²) in [6.07, 6.45) is 6.99. The lowest BCUT2D eigenvalue weighted by Gasteiger charge is -2.28. The zero-order chi connectivity index (χ0) is 18.5. The van der Waals surface area contributed by atoms with E-state index in [0.717, 1.165) is 37.3 Å². The van der Waals surface area contributed by atoms with Crippen LogP contribution in [0.5, 0.6) is 0 Å². The number of pyridine rings is 1. The highest BCUT2D eigenvalue weighted by Gasteiger charge is 2.23. The molecular weight excluding hydrogens is 340 g/mol. The minimum absolute atomic E-state index is 0.117. The molecule has 0 bridgehead atoms. The van der Waals surface area contributed by atoms with E-state index < -0.39 is 0 Å². The molecule has 142 valence electrons. The summed E-state index contributed by atoms with van der Waals surface area (Å²) >= 11 is 0. The molecule has 2 N–H and O–H groups in total. The summed E-state index contributed by atoms with van der Waals surface area (Å²) in [5.41, 5.74) is 3.19. The Morgan fingerprint density at radius 1 is 1.00 bits per heavy atom. The van der Waals surface area contributed by atoms with Crippen LogP contribution < -0.4 is 15.5 Å². The lowest BCUT2D eigenvalue weighted by Crippen LogP contribution is -2.29. The number of ether oxygens (including phenoxy) is 1. The van der Waals surface area contributed by atoms with Gasteiger partial charge in [0.25, 0.3) is 5.91 Å². The van der Waals surface area contributed by atoms with E-state index in [1.165, 1.54) is 24.9 Å². The Hall–Kier alpha value is -2.60. The molecule has 1 aromatic carbocycles. The Bertz CT molecular complexity index is 749. The van der Waals surface area contributed by atoms with Gasteiger partial charge >= 0.3 is 0 Å². The summed E-state index contributed by atoms with van der Waals surface area (Å²) in [6.45, 7) is 2.95. The van der Waals surface area contributed by atoms with Crippen LogP contribution in [0, 0.1) is 0 Å². The lowest BCUT2D eigenvalue weighted by molar-refractivity contribution is -0.124. The predicted molar refractivity (Wildman–Crippen MR) is 108 cm³/mol. The standard InChI is InChI=1S/C21H26N4O2/c26-21(19-5-4-14-27-19)24-20-11-8-17(15-22-20)23-16-6-9-18(10-7-16)25-12-2-1-3-13-25/h6-11,15,19,23H,1-5,12-14H2,(H,22,24,26). The van der Waals surface area contributed by atoms with Crippen molar-refractivity contribution in [2.75, 3.05) is 35.2 Å². The number of carbonyl (C=O) groups excluding carboxylic acids is 1. The monoisotopic (exact) mass is 366 g/mol. The fourth-order valence-electron chi connectivity index (χ4n) is 3.61. The third-order valence-corrected chi connectivity index (χ3v) is 5.11.